The number of carbonyl (C=O) groups is 1. The summed E-state index contributed by atoms with van der Waals surface area (Å²) < 4.78 is 17.7. The Bertz CT molecular complexity index is 1220. The van der Waals surface area contributed by atoms with Gasteiger partial charge in [0.1, 0.15) is 22.9 Å². The van der Waals surface area contributed by atoms with Crippen molar-refractivity contribution in [3.8, 4) is 34.2 Å². The van der Waals surface area contributed by atoms with E-state index >= 15 is 0 Å². The molecule has 0 bridgehead atoms. The van der Waals surface area contributed by atoms with Crippen LogP contribution < -0.4 is 19.5 Å². The van der Waals surface area contributed by atoms with Crippen LogP contribution in [-0.4, -0.2) is 37.0 Å². The van der Waals surface area contributed by atoms with E-state index in [1.54, 1.807) is 62.5 Å². The molecular formula is C25H23N3O4. The third-order valence-corrected chi connectivity index (χ3v) is 4.99. The predicted octanol–water partition coefficient (Wildman–Crippen LogP) is 4.82. The molecule has 0 spiro atoms. The Hall–Kier alpha value is -4.26. The van der Waals surface area contributed by atoms with E-state index in [1.165, 1.54) is 0 Å². The van der Waals surface area contributed by atoms with E-state index in [-0.39, 0.29) is 5.91 Å². The lowest BCUT2D eigenvalue weighted by molar-refractivity contribution is 0.102. The standard InChI is InChI=1S/C25H23N3O4/c1-30-19-11-9-17(10-12-19)26-25(29)22-16-28(18-7-5-4-6-8-18)27-24(22)21-14-13-20(31-2)15-23(21)32-3/h4-16H,1-3H3,(H,26,29). The number of ether oxygens (including phenoxy) is 3. The number of carbonyl (C=O) groups excluding carboxylic acids is 1. The lowest BCUT2D eigenvalue weighted by Crippen LogP contribution is -2.12. The summed E-state index contributed by atoms with van der Waals surface area (Å²) in [5.41, 5.74) is 3.08. The Morgan fingerprint density at radius 2 is 1.53 bits per heavy atom. The summed E-state index contributed by atoms with van der Waals surface area (Å²) >= 11 is 0. The first-order chi connectivity index (χ1) is 15.6. The number of methoxy groups -OCH3 is 3. The van der Waals surface area contributed by atoms with E-state index in [2.05, 4.69) is 5.32 Å². The number of aromatic nitrogens is 2. The number of rotatable bonds is 7. The Labute approximate surface area is 186 Å². The van der Waals surface area contributed by atoms with Gasteiger partial charge in [-0.3, -0.25) is 4.79 Å². The van der Waals surface area contributed by atoms with Crippen LogP contribution in [0.3, 0.4) is 0 Å². The molecule has 162 valence electrons. The van der Waals surface area contributed by atoms with E-state index in [4.69, 9.17) is 19.3 Å². The van der Waals surface area contributed by atoms with Crippen LogP contribution in [0.25, 0.3) is 16.9 Å². The van der Waals surface area contributed by atoms with Crippen LogP contribution in [0.2, 0.25) is 0 Å². The van der Waals surface area contributed by atoms with Crippen LogP contribution in [0.15, 0.2) is 79.0 Å². The average molecular weight is 429 g/mol. The van der Waals surface area contributed by atoms with E-state index in [0.717, 1.165) is 5.69 Å². The van der Waals surface area contributed by atoms with Gasteiger partial charge >= 0.3 is 0 Å². The lowest BCUT2D eigenvalue weighted by atomic mass is 10.1. The van der Waals surface area contributed by atoms with Gasteiger partial charge in [0.15, 0.2) is 0 Å². The molecule has 32 heavy (non-hydrogen) atoms. The molecule has 7 nitrogen and oxygen atoms in total. The average Bonchev–Trinajstić information content (AvgIpc) is 3.30. The number of para-hydroxylation sites is 1. The van der Waals surface area contributed by atoms with Gasteiger partial charge in [-0.15, -0.1) is 0 Å². The van der Waals surface area contributed by atoms with Gasteiger partial charge in [-0.2, -0.15) is 5.10 Å². The van der Waals surface area contributed by atoms with E-state index in [0.29, 0.717) is 39.8 Å². The van der Waals surface area contributed by atoms with Gasteiger partial charge in [-0.1, -0.05) is 18.2 Å². The Kier molecular flexibility index (Phi) is 6.07. The van der Waals surface area contributed by atoms with Crippen LogP contribution in [0.4, 0.5) is 5.69 Å². The van der Waals surface area contributed by atoms with Crippen molar-refractivity contribution in [1.29, 1.82) is 0 Å². The van der Waals surface area contributed by atoms with Crippen molar-refractivity contribution in [3.05, 3.63) is 84.6 Å². The number of hydrogen-bond acceptors (Lipinski definition) is 5. The maximum atomic E-state index is 13.3. The maximum absolute atomic E-state index is 13.3. The maximum Gasteiger partial charge on any atom is 0.259 e. The minimum atomic E-state index is -0.287. The highest BCUT2D eigenvalue weighted by atomic mass is 16.5. The quantitative estimate of drug-likeness (QED) is 0.456. The molecule has 3 aromatic carbocycles. The van der Waals surface area contributed by atoms with Crippen molar-refractivity contribution in [3.63, 3.8) is 0 Å². The van der Waals surface area contributed by atoms with E-state index < -0.39 is 0 Å². The summed E-state index contributed by atoms with van der Waals surface area (Å²) in [6.07, 6.45) is 1.72. The zero-order valence-corrected chi connectivity index (χ0v) is 18.0. The molecule has 4 rings (SSSR count). The zero-order chi connectivity index (χ0) is 22.5. The molecule has 1 aromatic heterocycles. The summed E-state index contributed by atoms with van der Waals surface area (Å²) in [7, 11) is 4.76. The molecular weight excluding hydrogens is 406 g/mol. The Morgan fingerprint density at radius 3 is 2.19 bits per heavy atom. The first kappa shape index (κ1) is 21.0. The summed E-state index contributed by atoms with van der Waals surface area (Å²) in [5.74, 6) is 1.63. The van der Waals surface area contributed by atoms with Crippen molar-refractivity contribution in [2.45, 2.75) is 0 Å². The number of anilines is 1. The second-order valence-electron chi connectivity index (χ2n) is 6.92. The van der Waals surface area contributed by atoms with Crippen LogP contribution in [0.5, 0.6) is 17.2 Å². The summed E-state index contributed by atoms with van der Waals surface area (Å²) in [6, 6.07) is 22.2. The molecule has 0 saturated carbocycles. The molecule has 0 radical (unpaired) electrons. The molecule has 1 amide bonds. The molecule has 0 aliphatic heterocycles. The van der Waals surface area contributed by atoms with Crippen molar-refractivity contribution in [2.24, 2.45) is 0 Å². The van der Waals surface area contributed by atoms with Crippen molar-refractivity contribution < 1.29 is 19.0 Å². The number of hydrogen-bond donors (Lipinski definition) is 1. The van der Waals surface area contributed by atoms with E-state index in [9.17, 15) is 4.79 Å². The van der Waals surface area contributed by atoms with Gasteiger partial charge in [0.2, 0.25) is 0 Å². The molecule has 0 aliphatic rings. The number of benzene rings is 3. The van der Waals surface area contributed by atoms with Crippen molar-refractivity contribution in [1.82, 2.24) is 9.78 Å². The largest absolute Gasteiger partial charge is 0.497 e. The topological polar surface area (TPSA) is 74.6 Å². The lowest BCUT2D eigenvalue weighted by Gasteiger charge is -2.10. The molecule has 1 N–H and O–H groups in total. The van der Waals surface area contributed by atoms with Gasteiger partial charge in [0.05, 0.1) is 32.6 Å². The van der Waals surface area contributed by atoms with Crippen LogP contribution >= 0.6 is 0 Å². The molecule has 0 fully saturated rings. The van der Waals surface area contributed by atoms with Gasteiger partial charge < -0.3 is 19.5 Å². The Balaban J connectivity index is 1.78. The van der Waals surface area contributed by atoms with Crippen molar-refractivity contribution in [2.75, 3.05) is 26.6 Å². The molecule has 7 heteroatoms. The minimum Gasteiger partial charge on any atom is -0.497 e. The van der Waals surface area contributed by atoms with Crippen LogP contribution in [0, 0.1) is 0 Å². The van der Waals surface area contributed by atoms with Gasteiger partial charge in [-0.25, -0.2) is 4.68 Å². The summed E-state index contributed by atoms with van der Waals surface area (Å²) in [5, 5.41) is 7.65. The third kappa shape index (κ3) is 4.27. The highest BCUT2D eigenvalue weighted by Gasteiger charge is 2.22. The summed E-state index contributed by atoms with van der Waals surface area (Å²) in [6.45, 7) is 0. The second-order valence-corrected chi connectivity index (χ2v) is 6.92. The predicted molar refractivity (Wildman–Crippen MR) is 123 cm³/mol. The summed E-state index contributed by atoms with van der Waals surface area (Å²) in [4.78, 5) is 13.3. The van der Waals surface area contributed by atoms with Gasteiger partial charge in [0, 0.05) is 23.5 Å². The third-order valence-electron chi connectivity index (χ3n) is 4.99. The smallest absolute Gasteiger partial charge is 0.259 e. The van der Waals surface area contributed by atoms with Crippen molar-refractivity contribution >= 4 is 11.6 Å². The highest BCUT2D eigenvalue weighted by molar-refractivity contribution is 6.08. The van der Waals surface area contributed by atoms with Crippen LogP contribution in [-0.2, 0) is 0 Å². The molecule has 1 heterocycles. The fourth-order valence-corrected chi connectivity index (χ4v) is 3.32. The molecule has 0 aliphatic carbocycles. The highest BCUT2D eigenvalue weighted by Crippen LogP contribution is 2.35. The second kappa shape index (κ2) is 9.26. The molecule has 0 atom stereocenters. The fraction of sp³-hybridized carbons (Fsp3) is 0.120. The fourth-order valence-electron chi connectivity index (χ4n) is 3.32. The first-order valence-electron chi connectivity index (χ1n) is 9.96. The number of nitrogens with zero attached hydrogens (tertiary/aromatic N) is 2. The minimum absolute atomic E-state index is 0.287. The Morgan fingerprint density at radius 1 is 0.844 bits per heavy atom. The molecule has 0 saturated heterocycles. The first-order valence-corrected chi connectivity index (χ1v) is 9.96. The molecule has 0 unspecified atom stereocenters. The van der Waals surface area contributed by atoms with Crippen LogP contribution in [0.1, 0.15) is 10.4 Å². The van der Waals surface area contributed by atoms with Gasteiger partial charge in [-0.05, 0) is 48.5 Å². The zero-order valence-electron chi connectivity index (χ0n) is 18.0. The van der Waals surface area contributed by atoms with E-state index in [1.807, 2.05) is 42.5 Å². The SMILES string of the molecule is COc1ccc(NC(=O)c2cn(-c3ccccc3)nc2-c2ccc(OC)cc2OC)cc1. The number of amides is 1. The van der Waals surface area contributed by atoms with Gasteiger partial charge in [0.25, 0.3) is 5.91 Å². The monoisotopic (exact) mass is 429 g/mol. The normalized spacial score (nSPS) is 10.5. The molecule has 4 aromatic rings. The number of nitrogens with one attached hydrogen (secondary N) is 1.